The van der Waals surface area contributed by atoms with Crippen molar-refractivity contribution in [2.75, 3.05) is 39.1 Å². The minimum Gasteiger partial charge on any atom is -0.381 e. The summed E-state index contributed by atoms with van der Waals surface area (Å²) in [5, 5.41) is 3.35. The third-order valence-corrected chi connectivity index (χ3v) is 8.25. The summed E-state index contributed by atoms with van der Waals surface area (Å²) in [6, 6.07) is 3.92. The molecular formula is C21H31FN2O4S. The number of sulfone groups is 1. The van der Waals surface area contributed by atoms with E-state index >= 15 is 0 Å². The number of hydrogen-bond acceptors (Lipinski definition) is 5. The average molecular weight is 427 g/mol. The normalized spacial score (nSPS) is 20.4. The van der Waals surface area contributed by atoms with E-state index in [1.807, 2.05) is 0 Å². The van der Waals surface area contributed by atoms with Crippen molar-refractivity contribution in [1.29, 1.82) is 0 Å². The van der Waals surface area contributed by atoms with Gasteiger partial charge in [0.05, 0.1) is 11.3 Å². The quantitative estimate of drug-likeness (QED) is 0.757. The van der Waals surface area contributed by atoms with Crippen LogP contribution in [0.2, 0.25) is 0 Å². The Morgan fingerprint density at radius 3 is 2.55 bits per heavy atom. The van der Waals surface area contributed by atoms with Crippen LogP contribution in [0.15, 0.2) is 23.1 Å². The zero-order valence-electron chi connectivity index (χ0n) is 17.2. The molecule has 6 nitrogen and oxygen atoms in total. The molecule has 2 aliphatic rings. The average Bonchev–Trinajstić information content (AvgIpc) is 2.73. The number of nitrogens with one attached hydrogen (secondary N) is 1. The number of amides is 1. The van der Waals surface area contributed by atoms with Crippen LogP contribution < -0.4 is 5.32 Å². The Morgan fingerprint density at radius 2 is 1.93 bits per heavy atom. The highest BCUT2D eigenvalue weighted by molar-refractivity contribution is 7.91. The highest BCUT2D eigenvalue weighted by Crippen LogP contribution is 2.37. The second-order valence-corrected chi connectivity index (χ2v) is 10.3. The molecule has 2 heterocycles. The van der Waals surface area contributed by atoms with Crippen molar-refractivity contribution in [2.24, 2.45) is 5.92 Å². The number of rotatable bonds is 6. The fraction of sp³-hybridized carbons (Fsp3) is 0.667. The summed E-state index contributed by atoms with van der Waals surface area (Å²) < 4.78 is 45.0. The maximum absolute atomic E-state index is 14.5. The van der Waals surface area contributed by atoms with E-state index in [0.29, 0.717) is 5.92 Å². The predicted octanol–water partition coefficient (Wildman–Crippen LogP) is 2.63. The molecule has 0 unspecified atom stereocenters. The van der Waals surface area contributed by atoms with Gasteiger partial charge >= 0.3 is 0 Å². The molecule has 2 aliphatic heterocycles. The van der Waals surface area contributed by atoms with E-state index in [0.717, 1.165) is 64.5 Å². The van der Waals surface area contributed by atoms with Crippen LogP contribution in [0, 0.1) is 11.7 Å². The Morgan fingerprint density at radius 1 is 1.28 bits per heavy atom. The maximum atomic E-state index is 14.5. The van der Waals surface area contributed by atoms with Crippen LogP contribution in [-0.2, 0) is 14.6 Å². The second-order valence-electron chi connectivity index (χ2n) is 8.12. The van der Waals surface area contributed by atoms with Gasteiger partial charge in [0.2, 0.25) is 0 Å². The Hall–Kier alpha value is -1.51. The molecule has 2 saturated heterocycles. The van der Waals surface area contributed by atoms with Crippen molar-refractivity contribution in [2.45, 2.75) is 49.5 Å². The maximum Gasteiger partial charge on any atom is 0.255 e. The van der Waals surface area contributed by atoms with E-state index in [1.54, 1.807) is 11.9 Å². The fourth-order valence-electron chi connectivity index (χ4n) is 4.59. The van der Waals surface area contributed by atoms with Crippen molar-refractivity contribution < 1.29 is 22.3 Å². The Kier molecular flexibility index (Phi) is 6.96. The lowest BCUT2D eigenvalue weighted by Crippen LogP contribution is -2.56. The zero-order chi connectivity index (χ0) is 21.1. The Balaban J connectivity index is 1.95. The molecular weight excluding hydrogens is 395 g/mol. The van der Waals surface area contributed by atoms with Crippen LogP contribution in [0.5, 0.6) is 0 Å². The molecule has 1 aromatic carbocycles. The van der Waals surface area contributed by atoms with Crippen LogP contribution in [0.4, 0.5) is 4.39 Å². The van der Waals surface area contributed by atoms with E-state index in [2.05, 4.69) is 5.32 Å². The minimum absolute atomic E-state index is 0.0702. The van der Waals surface area contributed by atoms with E-state index < -0.39 is 26.5 Å². The zero-order valence-corrected chi connectivity index (χ0v) is 18.1. The molecule has 1 aromatic rings. The minimum atomic E-state index is -3.87. The molecule has 0 radical (unpaired) electrons. The number of benzene rings is 1. The third kappa shape index (κ3) is 4.64. The van der Waals surface area contributed by atoms with Gasteiger partial charge in [-0.3, -0.25) is 4.79 Å². The number of carbonyl (C=O) groups excluding carboxylic acids is 1. The van der Waals surface area contributed by atoms with Gasteiger partial charge in [-0.15, -0.1) is 0 Å². The molecule has 3 rings (SSSR count). The first-order valence-corrected chi connectivity index (χ1v) is 12.0. The molecule has 162 valence electrons. The van der Waals surface area contributed by atoms with Crippen molar-refractivity contribution >= 4 is 15.7 Å². The number of hydrogen-bond donors (Lipinski definition) is 1. The van der Waals surface area contributed by atoms with Gasteiger partial charge in [-0.25, -0.2) is 12.8 Å². The predicted molar refractivity (Wildman–Crippen MR) is 109 cm³/mol. The summed E-state index contributed by atoms with van der Waals surface area (Å²) in [6.07, 6.45) is 4.36. The Bertz CT molecular complexity index is 831. The van der Waals surface area contributed by atoms with Crippen LogP contribution >= 0.6 is 0 Å². The van der Waals surface area contributed by atoms with Crippen LogP contribution in [0.1, 0.15) is 49.4 Å². The van der Waals surface area contributed by atoms with Crippen molar-refractivity contribution in [3.05, 3.63) is 29.6 Å². The van der Waals surface area contributed by atoms with Gasteiger partial charge in [-0.2, -0.15) is 0 Å². The largest absolute Gasteiger partial charge is 0.381 e. The molecule has 2 fully saturated rings. The number of carbonyl (C=O) groups is 1. The highest BCUT2D eigenvalue weighted by atomic mass is 32.2. The number of nitrogens with zero attached hydrogens (tertiary/aromatic N) is 1. The summed E-state index contributed by atoms with van der Waals surface area (Å²) in [5.41, 5.74) is -0.441. The fourth-order valence-corrected chi connectivity index (χ4v) is 5.73. The molecule has 0 bridgehead atoms. The summed E-state index contributed by atoms with van der Waals surface area (Å²) in [5.74, 6) is -1.08. The summed E-state index contributed by atoms with van der Waals surface area (Å²) in [6.45, 7) is 4.52. The summed E-state index contributed by atoms with van der Waals surface area (Å²) in [4.78, 5) is 14.7. The second kappa shape index (κ2) is 9.10. The molecule has 1 N–H and O–H groups in total. The SMILES string of the molecule is CCS(=O)(=O)c1c(F)cccc1C(=O)N(C)C1(CC2CCOCC2)CCNCC1. The molecule has 0 atom stereocenters. The monoisotopic (exact) mass is 426 g/mol. The topological polar surface area (TPSA) is 75.7 Å². The van der Waals surface area contributed by atoms with Gasteiger partial charge in [0.1, 0.15) is 10.7 Å². The van der Waals surface area contributed by atoms with E-state index in [-0.39, 0.29) is 16.9 Å². The van der Waals surface area contributed by atoms with Gasteiger partial charge in [0, 0.05) is 25.8 Å². The van der Waals surface area contributed by atoms with Gasteiger partial charge in [0.25, 0.3) is 5.91 Å². The first-order chi connectivity index (χ1) is 13.8. The van der Waals surface area contributed by atoms with E-state index in [4.69, 9.17) is 4.74 Å². The van der Waals surface area contributed by atoms with Gasteiger partial charge in [-0.05, 0) is 63.2 Å². The Labute approximate surface area is 172 Å². The third-order valence-electron chi connectivity index (χ3n) is 6.45. The summed E-state index contributed by atoms with van der Waals surface area (Å²) in [7, 11) is -2.13. The molecule has 0 spiro atoms. The van der Waals surface area contributed by atoms with E-state index in [9.17, 15) is 17.6 Å². The smallest absolute Gasteiger partial charge is 0.255 e. The number of halogens is 1. The molecule has 0 aromatic heterocycles. The van der Waals surface area contributed by atoms with Crippen LogP contribution in [0.25, 0.3) is 0 Å². The standard InChI is InChI=1S/C21H31FN2O4S/c1-3-29(26,27)19-17(5-4-6-18(19)22)20(25)24(2)21(9-11-23-12-10-21)15-16-7-13-28-14-8-16/h4-6,16,23H,3,7-15H2,1-2H3. The lowest BCUT2D eigenvalue weighted by atomic mass is 9.76. The molecule has 8 heteroatoms. The highest BCUT2D eigenvalue weighted by Gasteiger charge is 2.42. The van der Waals surface area contributed by atoms with Crippen molar-refractivity contribution in [1.82, 2.24) is 10.2 Å². The molecule has 0 saturated carbocycles. The van der Waals surface area contributed by atoms with E-state index in [1.165, 1.54) is 19.1 Å². The van der Waals surface area contributed by atoms with Gasteiger partial charge in [0.15, 0.2) is 9.84 Å². The lowest BCUT2D eigenvalue weighted by Gasteiger charge is -2.47. The molecule has 1 amide bonds. The summed E-state index contributed by atoms with van der Waals surface area (Å²) >= 11 is 0. The first-order valence-electron chi connectivity index (χ1n) is 10.4. The molecule has 29 heavy (non-hydrogen) atoms. The van der Waals surface area contributed by atoms with Gasteiger partial charge in [-0.1, -0.05) is 13.0 Å². The molecule has 0 aliphatic carbocycles. The number of piperidine rings is 1. The van der Waals surface area contributed by atoms with Crippen LogP contribution in [-0.4, -0.2) is 63.9 Å². The van der Waals surface area contributed by atoms with Crippen LogP contribution in [0.3, 0.4) is 0 Å². The van der Waals surface area contributed by atoms with Crippen molar-refractivity contribution in [3.8, 4) is 0 Å². The number of ether oxygens (including phenoxy) is 1. The van der Waals surface area contributed by atoms with Crippen molar-refractivity contribution in [3.63, 3.8) is 0 Å². The van der Waals surface area contributed by atoms with Gasteiger partial charge < -0.3 is 15.0 Å². The first kappa shape index (κ1) is 22.2. The lowest BCUT2D eigenvalue weighted by molar-refractivity contribution is 0.0145.